The maximum absolute atomic E-state index is 6.26. The van der Waals surface area contributed by atoms with E-state index < -0.39 is 10.0 Å². The molecule has 0 radical (unpaired) electrons. The fourth-order valence-corrected chi connectivity index (χ4v) is 12.2. The van der Waals surface area contributed by atoms with Crippen molar-refractivity contribution >= 4 is 53.5 Å². The second-order valence-corrected chi connectivity index (χ2v) is 17.5. The summed E-state index contributed by atoms with van der Waals surface area (Å²) in [4.78, 5) is 20.6. The van der Waals surface area contributed by atoms with E-state index in [9.17, 15) is 0 Å². The first-order valence-electron chi connectivity index (χ1n) is 19.4. The molecule has 0 bridgehead atoms. The molecule has 0 N–H and O–H groups in total. The van der Waals surface area contributed by atoms with E-state index in [1.807, 2.05) is 30.3 Å². The predicted molar refractivity (Wildman–Crippen MR) is 238 cm³/mol. The molecule has 2 heterocycles. The number of rotatable bonds is 7. The lowest BCUT2D eigenvalue weighted by Crippen LogP contribution is -2.06. The summed E-state index contributed by atoms with van der Waals surface area (Å²) < 4.78 is 6.26. The average molecular weight is 762 g/mol. The van der Waals surface area contributed by atoms with Gasteiger partial charge in [0.15, 0.2) is 17.5 Å². The van der Waals surface area contributed by atoms with Crippen molar-refractivity contribution in [3.05, 3.63) is 212 Å². The molecule has 9 aromatic carbocycles. The van der Waals surface area contributed by atoms with Crippen LogP contribution in [0.4, 0.5) is 0 Å². The van der Waals surface area contributed by atoms with Gasteiger partial charge in [0.25, 0.3) is 0 Å². The van der Waals surface area contributed by atoms with Crippen LogP contribution in [0.3, 0.4) is 0 Å². The van der Waals surface area contributed by atoms with Gasteiger partial charge in [-0.3, -0.25) is 0 Å². The average Bonchev–Trinajstić information content (AvgIpc) is 3.67. The van der Waals surface area contributed by atoms with E-state index in [-0.39, 0.29) is 0 Å². The lowest BCUT2D eigenvalue weighted by Gasteiger charge is -2.42. The Labute approximate surface area is 337 Å². The summed E-state index contributed by atoms with van der Waals surface area (Å²) in [6.07, 6.45) is 0. The molecule has 0 atom stereocenters. The van der Waals surface area contributed by atoms with Gasteiger partial charge >= 0.3 is 0 Å². The second-order valence-electron chi connectivity index (χ2n) is 14.4. The number of nitrogens with zero attached hydrogens (tertiary/aromatic N) is 3. The van der Waals surface area contributed by atoms with Gasteiger partial charge in [-0.2, -0.15) is 0 Å². The lowest BCUT2D eigenvalue weighted by molar-refractivity contribution is 0.669. The highest BCUT2D eigenvalue weighted by molar-refractivity contribution is 8.34. The van der Waals surface area contributed by atoms with Crippen molar-refractivity contribution in [2.75, 3.05) is 0 Å². The van der Waals surface area contributed by atoms with Crippen molar-refractivity contribution < 1.29 is 4.42 Å². The van der Waals surface area contributed by atoms with Crippen LogP contribution in [0, 0.1) is 0 Å². The topological polar surface area (TPSA) is 51.8 Å². The molecule has 0 saturated carbocycles. The summed E-state index contributed by atoms with van der Waals surface area (Å²) in [7, 11) is -1.91. The molecule has 4 nitrogen and oxygen atoms in total. The fraction of sp³-hybridized carbons (Fsp3) is 0. The zero-order valence-electron chi connectivity index (χ0n) is 31.4. The van der Waals surface area contributed by atoms with E-state index >= 15 is 0 Å². The summed E-state index contributed by atoms with van der Waals surface area (Å²) in [5.41, 5.74) is 4.56. The van der Waals surface area contributed by atoms with E-state index in [0.717, 1.165) is 60.2 Å². The van der Waals surface area contributed by atoms with Crippen LogP contribution in [0.5, 0.6) is 0 Å². The molecule has 0 aliphatic rings. The van der Waals surface area contributed by atoms with E-state index in [1.165, 1.54) is 19.6 Å². The lowest BCUT2D eigenvalue weighted by atomic mass is 9.98. The molecule has 0 aliphatic carbocycles. The first-order chi connectivity index (χ1) is 28.7. The molecule has 0 spiro atoms. The second kappa shape index (κ2) is 14.0. The predicted octanol–water partition coefficient (Wildman–Crippen LogP) is 14.4. The van der Waals surface area contributed by atoms with Gasteiger partial charge in [0, 0.05) is 47.0 Å². The summed E-state index contributed by atoms with van der Waals surface area (Å²) >= 11 is 0. The number of fused-ring (bicyclic) bond motifs is 6. The van der Waals surface area contributed by atoms with Crippen molar-refractivity contribution in [2.24, 2.45) is 0 Å². The molecule has 274 valence electrons. The third-order valence-corrected chi connectivity index (χ3v) is 14.9. The van der Waals surface area contributed by atoms with Crippen molar-refractivity contribution in [1.29, 1.82) is 0 Å². The van der Waals surface area contributed by atoms with Gasteiger partial charge in [0.05, 0.1) is 0 Å². The summed E-state index contributed by atoms with van der Waals surface area (Å²) in [5.74, 6) is 1.87. The molecule has 0 amide bonds. The molecular weight excluding hydrogens is 727 g/mol. The molecular formula is C53H35N3OS. The number of hydrogen-bond donors (Lipinski definition) is 0. The minimum atomic E-state index is -1.91. The van der Waals surface area contributed by atoms with Crippen LogP contribution in [0.25, 0.3) is 77.6 Å². The molecule has 0 aliphatic heterocycles. The van der Waals surface area contributed by atoms with Crippen molar-refractivity contribution in [3.8, 4) is 34.2 Å². The molecule has 2 aromatic heterocycles. The number of furan rings is 1. The van der Waals surface area contributed by atoms with E-state index in [1.54, 1.807) is 0 Å². The van der Waals surface area contributed by atoms with Crippen molar-refractivity contribution in [1.82, 2.24) is 15.0 Å². The fourth-order valence-electron chi connectivity index (χ4n) is 8.28. The SMILES string of the molecule is c1ccc(-c2nc(-c3cccc(S(c4ccccc4)(c4ccccc4)c4ccccc4)c3)nc(-c3ccc4ccc5cc6oc7ccccc7c6cc5c4c3)n2)cc1. The van der Waals surface area contributed by atoms with Crippen LogP contribution < -0.4 is 0 Å². The molecule has 11 aromatic rings. The molecule has 0 saturated heterocycles. The van der Waals surface area contributed by atoms with E-state index in [2.05, 4.69) is 182 Å². The maximum atomic E-state index is 6.26. The maximum Gasteiger partial charge on any atom is 0.164 e. The highest BCUT2D eigenvalue weighted by atomic mass is 32.3. The minimum Gasteiger partial charge on any atom is -0.456 e. The summed E-state index contributed by atoms with van der Waals surface area (Å²) in [5, 5.41) is 6.78. The quantitative estimate of drug-likeness (QED) is 0.152. The van der Waals surface area contributed by atoms with Gasteiger partial charge in [0.1, 0.15) is 11.2 Å². The Morgan fingerprint density at radius 2 is 0.776 bits per heavy atom. The number of benzene rings is 9. The Hall–Kier alpha value is -7.34. The van der Waals surface area contributed by atoms with Crippen molar-refractivity contribution in [2.45, 2.75) is 19.6 Å². The minimum absolute atomic E-state index is 0.621. The first-order valence-corrected chi connectivity index (χ1v) is 21.0. The van der Waals surface area contributed by atoms with Crippen LogP contribution in [-0.4, -0.2) is 15.0 Å². The van der Waals surface area contributed by atoms with Crippen LogP contribution in [0.1, 0.15) is 0 Å². The Morgan fingerprint density at radius 3 is 1.43 bits per heavy atom. The summed E-state index contributed by atoms with van der Waals surface area (Å²) in [6.45, 7) is 0. The smallest absolute Gasteiger partial charge is 0.164 e. The monoisotopic (exact) mass is 761 g/mol. The normalized spacial score (nSPS) is 12.1. The number of aromatic nitrogens is 3. The number of para-hydroxylation sites is 1. The highest BCUT2D eigenvalue weighted by Crippen LogP contribution is 2.73. The summed E-state index contributed by atoms with van der Waals surface area (Å²) in [6, 6.07) is 75.3. The standard InChI is InChI=1S/C53H35N3OS/c1-5-16-37(17-6-1)51-54-52(39-18-15-25-44(32-39)58(41-19-7-2-8-20-41,42-21-9-3-10-22-42)43-23-11-4-12-24-43)56-53(55-51)40-31-29-36-28-30-38-34-50-48(35-47(38)46(36)33-40)45-26-13-14-27-49(45)57-50/h1-35H. The number of hydrogen-bond acceptors (Lipinski definition) is 4. The van der Waals surface area contributed by atoms with E-state index in [4.69, 9.17) is 19.4 Å². The Balaban J connectivity index is 1.12. The van der Waals surface area contributed by atoms with Gasteiger partial charge in [-0.25, -0.2) is 15.0 Å². The molecule has 0 unspecified atom stereocenters. The van der Waals surface area contributed by atoms with Crippen LogP contribution in [-0.2, 0) is 0 Å². The molecule has 0 fully saturated rings. The Kier molecular flexibility index (Phi) is 8.19. The molecule has 11 rings (SSSR count). The third kappa shape index (κ3) is 5.67. The Bertz CT molecular complexity index is 3180. The zero-order valence-corrected chi connectivity index (χ0v) is 32.2. The first kappa shape index (κ1) is 34.0. The van der Waals surface area contributed by atoms with E-state index in [0.29, 0.717) is 17.5 Å². The van der Waals surface area contributed by atoms with Crippen LogP contribution in [0.2, 0.25) is 0 Å². The zero-order chi connectivity index (χ0) is 38.5. The van der Waals surface area contributed by atoms with Crippen LogP contribution in [0.15, 0.2) is 236 Å². The van der Waals surface area contributed by atoms with Gasteiger partial charge in [-0.1, -0.05) is 140 Å². The highest BCUT2D eigenvalue weighted by Gasteiger charge is 2.33. The third-order valence-electron chi connectivity index (χ3n) is 11.0. The van der Waals surface area contributed by atoms with Crippen molar-refractivity contribution in [3.63, 3.8) is 0 Å². The Morgan fingerprint density at radius 1 is 0.293 bits per heavy atom. The van der Waals surface area contributed by atoms with Gasteiger partial charge in [-0.05, 0) is 94.3 Å². The van der Waals surface area contributed by atoms with Gasteiger partial charge < -0.3 is 4.42 Å². The molecule has 58 heavy (non-hydrogen) atoms. The van der Waals surface area contributed by atoms with Crippen LogP contribution >= 0.6 is 10.0 Å². The van der Waals surface area contributed by atoms with Gasteiger partial charge in [0.2, 0.25) is 0 Å². The largest absolute Gasteiger partial charge is 0.456 e. The molecule has 5 heteroatoms. The van der Waals surface area contributed by atoms with Gasteiger partial charge in [-0.15, -0.1) is 10.0 Å².